The summed E-state index contributed by atoms with van der Waals surface area (Å²) in [5.41, 5.74) is 3.39. The predicted molar refractivity (Wildman–Crippen MR) is 111 cm³/mol. The number of fused-ring (bicyclic) bond motifs is 3. The Labute approximate surface area is 161 Å². The van der Waals surface area contributed by atoms with E-state index < -0.39 is 0 Å². The van der Waals surface area contributed by atoms with Gasteiger partial charge in [-0.05, 0) is 43.3 Å². The van der Waals surface area contributed by atoms with E-state index >= 15 is 0 Å². The number of nitrogens with zero attached hydrogens (tertiary/aromatic N) is 3. The molecule has 1 aromatic carbocycles. The summed E-state index contributed by atoms with van der Waals surface area (Å²) in [6.07, 6.45) is 0.939. The largest absolute Gasteiger partial charge is 0.298 e. The summed E-state index contributed by atoms with van der Waals surface area (Å²) in [6.45, 7) is 9.35. The lowest BCUT2D eigenvalue weighted by Gasteiger charge is -2.25. The Hall–Kier alpha value is -1.63. The second kappa shape index (κ2) is 7.18. The van der Waals surface area contributed by atoms with Gasteiger partial charge in [0.25, 0.3) is 5.56 Å². The molecule has 3 heterocycles. The van der Waals surface area contributed by atoms with Gasteiger partial charge in [-0.25, -0.2) is 4.98 Å². The van der Waals surface area contributed by atoms with E-state index in [1.807, 2.05) is 12.1 Å². The molecule has 2 aromatic heterocycles. The Kier molecular flexibility index (Phi) is 4.90. The van der Waals surface area contributed by atoms with Gasteiger partial charge in [0.1, 0.15) is 4.83 Å². The first-order valence-corrected chi connectivity index (χ1v) is 10.9. The van der Waals surface area contributed by atoms with Crippen LogP contribution >= 0.6 is 23.1 Å². The van der Waals surface area contributed by atoms with Gasteiger partial charge in [-0.3, -0.25) is 14.3 Å². The monoisotopic (exact) mass is 385 g/mol. The highest BCUT2D eigenvalue weighted by atomic mass is 32.2. The van der Waals surface area contributed by atoms with Crippen molar-refractivity contribution >= 4 is 33.3 Å². The third kappa shape index (κ3) is 3.00. The van der Waals surface area contributed by atoms with Crippen molar-refractivity contribution < 1.29 is 0 Å². The molecule has 0 radical (unpaired) electrons. The molecule has 4 rings (SSSR count). The van der Waals surface area contributed by atoms with Crippen LogP contribution in [0.1, 0.15) is 29.9 Å². The summed E-state index contributed by atoms with van der Waals surface area (Å²) in [5.74, 6) is 0.887. The van der Waals surface area contributed by atoms with Gasteiger partial charge in [0.2, 0.25) is 0 Å². The van der Waals surface area contributed by atoms with Gasteiger partial charge in [-0.15, -0.1) is 11.3 Å². The average Bonchev–Trinajstić information content (AvgIpc) is 3.01. The molecule has 0 spiro atoms. The SMILES string of the molecule is CCSc1nc2sc3c(c2c(=O)n1-c1ccc(C)cc1)CCN(CC)C3. The van der Waals surface area contributed by atoms with Crippen molar-refractivity contribution in [3.63, 3.8) is 0 Å². The second-order valence-electron chi connectivity index (χ2n) is 6.61. The molecule has 1 aliphatic heterocycles. The fourth-order valence-electron chi connectivity index (χ4n) is 3.49. The highest BCUT2D eigenvalue weighted by Crippen LogP contribution is 2.34. The number of thioether (sulfide) groups is 1. The van der Waals surface area contributed by atoms with Crippen LogP contribution in [-0.4, -0.2) is 33.3 Å². The molecule has 0 N–H and O–H groups in total. The van der Waals surface area contributed by atoms with Crippen molar-refractivity contribution in [3.05, 3.63) is 50.6 Å². The number of aryl methyl sites for hydroxylation is 1. The molecular formula is C20H23N3OS2. The number of rotatable bonds is 4. The van der Waals surface area contributed by atoms with Crippen molar-refractivity contribution in [1.29, 1.82) is 0 Å². The first kappa shape index (κ1) is 17.8. The third-order valence-corrected chi connectivity index (χ3v) is 6.87. The Morgan fingerprint density at radius 3 is 2.69 bits per heavy atom. The number of aromatic nitrogens is 2. The summed E-state index contributed by atoms with van der Waals surface area (Å²) in [5, 5.41) is 1.63. The van der Waals surface area contributed by atoms with Crippen molar-refractivity contribution in [2.24, 2.45) is 0 Å². The molecule has 0 atom stereocenters. The molecule has 26 heavy (non-hydrogen) atoms. The normalized spacial score (nSPS) is 14.7. The molecule has 0 fully saturated rings. The molecule has 0 aliphatic carbocycles. The first-order chi connectivity index (χ1) is 12.6. The summed E-state index contributed by atoms with van der Waals surface area (Å²) in [6, 6.07) is 8.13. The summed E-state index contributed by atoms with van der Waals surface area (Å²) in [7, 11) is 0. The molecule has 4 nitrogen and oxygen atoms in total. The summed E-state index contributed by atoms with van der Waals surface area (Å²) in [4.78, 5) is 23.0. The molecule has 0 amide bonds. The fraction of sp³-hybridized carbons (Fsp3) is 0.400. The minimum atomic E-state index is 0.0808. The van der Waals surface area contributed by atoms with Gasteiger partial charge in [-0.2, -0.15) is 0 Å². The zero-order valence-corrected chi connectivity index (χ0v) is 17.0. The summed E-state index contributed by atoms with van der Waals surface area (Å²) >= 11 is 3.33. The van der Waals surface area contributed by atoms with E-state index in [9.17, 15) is 4.79 Å². The Bertz CT molecular complexity index is 1000. The highest BCUT2D eigenvalue weighted by Gasteiger charge is 2.25. The van der Waals surface area contributed by atoms with E-state index in [2.05, 4.69) is 37.8 Å². The van der Waals surface area contributed by atoms with Crippen molar-refractivity contribution in [2.75, 3.05) is 18.8 Å². The quantitative estimate of drug-likeness (QED) is 0.497. The average molecular weight is 386 g/mol. The molecule has 0 unspecified atom stereocenters. The molecule has 0 bridgehead atoms. The molecule has 3 aromatic rings. The third-order valence-electron chi connectivity index (χ3n) is 4.94. The molecule has 0 saturated heterocycles. The minimum absolute atomic E-state index is 0.0808. The van der Waals surface area contributed by atoms with Crippen LogP contribution in [0.15, 0.2) is 34.2 Å². The lowest BCUT2D eigenvalue weighted by Crippen LogP contribution is -2.30. The number of hydrogen-bond acceptors (Lipinski definition) is 5. The van der Waals surface area contributed by atoms with E-state index in [1.54, 1.807) is 27.7 Å². The zero-order chi connectivity index (χ0) is 18.3. The maximum Gasteiger partial charge on any atom is 0.267 e. The highest BCUT2D eigenvalue weighted by molar-refractivity contribution is 7.99. The molecular weight excluding hydrogens is 362 g/mol. The van der Waals surface area contributed by atoms with Gasteiger partial charge in [-0.1, -0.05) is 43.3 Å². The number of likely N-dealkylation sites (N-methyl/N-ethyl adjacent to an activating group) is 1. The van der Waals surface area contributed by atoms with E-state index in [4.69, 9.17) is 4.98 Å². The molecule has 1 aliphatic rings. The maximum absolute atomic E-state index is 13.5. The first-order valence-electron chi connectivity index (χ1n) is 9.11. The Morgan fingerprint density at radius 1 is 1.23 bits per heavy atom. The van der Waals surface area contributed by atoms with Crippen LogP contribution in [0.5, 0.6) is 0 Å². The van der Waals surface area contributed by atoms with Crippen LogP contribution in [-0.2, 0) is 13.0 Å². The van der Waals surface area contributed by atoms with E-state index in [-0.39, 0.29) is 5.56 Å². The predicted octanol–water partition coefficient (Wildman–Crippen LogP) is 4.25. The maximum atomic E-state index is 13.5. The van der Waals surface area contributed by atoms with E-state index in [0.29, 0.717) is 0 Å². The minimum Gasteiger partial charge on any atom is -0.298 e. The van der Waals surface area contributed by atoms with Crippen molar-refractivity contribution in [1.82, 2.24) is 14.5 Å². The van der Waals surface area contributed by atoms with Gasteiger partial charge in [0, 0.05) is 18.0 Å². The Morgan fingerprint density at radius 2 is 2.00 bits per heavy atom. The Balaban J connectivity index is 1.96. The second-order valence-corrected chi connectivity index (χ2v) is 8.92. The van der Waals surface area contributed by atoms with Crippen LogP contribution in [0, 0.1) is 6.92 Å². The van der Waals surface area contributed by atoms with E-state index in [0.717, 1.165) is 52.9 Å². The van der Waals surface area contributed by atoms with Gasteiger partial charge in [0.15, 0.2) is 5.16 Å². The number of hydrogen-bond donors (Lipinski definition) is 0. The summed E-state index contributed by atoms with van der Waals surface area (Å²) < 4.78 is 1.80. The number of thiophene rings is 1. The fourth-order valence-corrected chi connectivity index (χ4v) is 5.54. The van der Waals surface area contributed by atoms with Crippen LogP contribution in [0.4, 0.5) is 0 Å². The zero-order valence-electron chi connectivity index (χ0n) is 15.4. The topological polar surface area (TPSA) is 38.1 Å². The van der Waals surface area contributed by atoms with Gasteiger partial charge >= 0.3 is 0 Å². The molecule has 0 saturated carbocycles. The number of benzene rings is 1. The van der Waals surface area contributed by atoms with Crippen LogP contribution in [0.2, 0.25) is 0 Å². The van der Waals surface area contributed by atoms with E-state index in [1.165, 1.54) is 16.0 Å². The molecule has 136 valence electrons. The van der Waals surface area contributed by atoms with Crippen molar-refractivity contribution in [3.8, 4) is 5.69 Å². The van der Waals surface area contributed by atoms with Crippen LogP contribution < -0.4 is 5.56 Å². The lowest BCUT2D eigenvalue weighted by atomic mass is 10.1. The van der Waals surface area contributed by atoms with Crippen LogP contribution in [0.25, 0.3) is 15.9 Å². The van der Waals surface area contributed by atoms with Gasteiger partial charge in [0.05, 0.1) is 11.1 Å². The van der Waals surface area contributed by atoms with Gasteiger partial charge < -0.3 is 0 Å². The van der Waals surface area contributed by atoms with Crippen molar-refractivity contribution in [2.45, 2.75) is 38.9 Å². The lowest BCUT2D eigenvalue weighted by molar-refractivity contribution is 0.272. The smallest absolute Gasteiger partial charge is 0.267 e. The molecule has 6 heteroatoms. The standard InChI is InChI=1S/C20H23N3OS2/c1-4-22-11-10-15-16(12-22)26-18-17(15)19(24)23(20(21-18)25-5-2)14-8-6-13(3)7-9-14/h6-9H,4-5,10-12H2,1-3H3. The van der Waals surface area contributed by atoms with Crippen LogP contribution in [0.3, 0.4) is 0 Å².